The van der Waals surface area contributed by atoms with Crippen LogP contribution in [0.3, 0.4) is 0 Å². The van der Waals surface area contributed by atoms with Crippen LogP contribution in [0.1, 0.15) is 26.7 Å². The molecule has 2 fully saturated rings. The van der Waals surface area contributed by atoms with Gasteiger partial charge in [-0.2, -0.15) is 11.8 Å². The molecular formula is C12H23ClN2OS. The van der Waals surface area contributed by atoms with E-state index in [-0.39, 0.29) is 23.1 Å². The van der Waals surface area contributed by atoms with E-state index in [1.54, 1.807) is 0 Å². The molecule has 0 spiro atoms. The Bertz CT molecular complexity index is 267. The summed E-state index contributed by atoms with van der Waals surface area (Å²) in [6.07, 6.45) is 2.21. The van der Waals surface area contributed by atoms with E-state index in [0.29, 0.717) is 5.91 Å². The number of carbonyl (C=O) groups excluding carboxylic acids is 1. The Kier molecular flexibility index (Phi) is 5.61. The summed E-state index contributed by atoms with van der Waals surface area (Å²) in [5, 5.41) is 3.32. The lowest BCUT2D eigenvalue weighted by atomic mass is 9.97. The predicted octanol–water partition coefficient (Wildman–Crippen LogP) is 1.76. The van der Waals surface area contributed by atoms with E-state index in [0.717, 1.165) is 44.8 Å². The van der Waals surface area contributed by atoms with Gasteiger partial charge in [-0.15, -0.1) is 12.4 Å². The molecule has 1 amide bonds. The first kappa shape index (κ1) is 15.1. The average molecular weight is 279 g/mol. The highest BCUT2D eigenvalue weighted by molar-refractivity contribution is 8.00. The first-order valence-corrected chi connectivity index (χ1v) is 7.20. The molecule has 1 atom stereocenters. The predicted molar refractivity (Wildman–Crippen MR) is 76.0 cm³/mol. The maximum absolute atomic E-state index is 12.3. The lowest BCUT2D eigenvalue weighted by Gasteiger charge is -2.39. The van der Waals surface area contributed by atoms with E-state index in [9.17, 15) is 4.79 Å². The van der Waals surface area contributed by atoms with Crippen LogP contribution in [0.25, 0.3) is 0 Å². The minimum atomic E-state index is 0. The summed E-state index contributed by atoms with van der Waals surface area (Å²) < 4.78 is 0.232. The molecule has 0 saturated carbocycles. The van der Waals surface area contributed by atoms with Crippen LogP contribution < -0.4 is 5.32 Å². The second-order valence-electron chi connectivity index (χ2n) is 5.41. The number of nitrogens with zero attached hydrogens (tertiary/aromatic N) is 1. The molecule has 3 nitrogen and oxygen atoms in total. The number of thioether (sulfide) groups is 1. The molecule has 5 heteroatoms. The van der Waals surface area contributed by atoms with Gasteiger partial charge < -0.3 is 10.2 Å². The number of hydrogen-bond acceptors (Lipinski definition) is 3. The van der Waals surface area contributed by atoms with Gasteiger partial charge in [0, 0.05) is 30.1 Å². The molecule has 0 aromatic rings. The van der Waals surface area contributed by atoms with Crippen molar-refractivity contribution in [3.05, 3.63) is 0 Å². The van der Waals surface area contributed by atoms with Crippen molar-refractivity contribution < 1.29 is 4.79 Å². The van der Waals surface area contributed by atoms with Crippen molar-refractivity contribution in [2.75, 3.05) is 31.9 Å². The van der Waals surface area contributed by atoms with Crippen molar-refractivity contribution in [1.29, 1.82) is 0 Å². The van der Waals surface area contributed by atoms with Gasteiger partial charge in [0.05, 0.1) is 5.92 Å². The zero-order chi connectivity index (χ0) is 11.6. The summed E-state index contributed by atoms with van der Waals surface area (Å²) in [5.74, 6) is 1.69. The number of piperidine rings is 1. The van der Waals surface area contributed by atoms with Gasteiger partial charge in [0.1, 0.15) is 0 Å². The standard InChI is InChI=1S/C12H22N2OS.ClH/c1-12(2)9-14(6-7-16-12)11(15)10-4-3-5-13-8-10;/h10,13H,3-9H2,1-2H3;1H. The molecule has 0 aromatic carbocycles. The number of nitrogens with one attached hydrogen (secondary N) is 1. The topological polar surface area (TPSA) is 32.3 Å². The van der Waals surface area contributed by atoms with Crippen molar-refractivity contribution in [2.24, 2.45) is 5.92 Å². The van der Waals surface area contributed by atoms with Crippen LogP contribution in [0.4, 0.5) is 0 Å². The molecule has 2 saturated heterocycles. The number of rotatable bonds is 1. The first-order chi connectivity index (χ1) is 7.58. The summed E-state index contributed by atoms with van der Waals surface area (Å²) in [6, 6.07) is 0. The largest absolute Gasteiger partial charge is 0.340 e. The molecule has 1 unspecified atom stereocenters. The summed E-state index contributed by atoms with van der Waals surface area (Å²) in [6.45, 7) is 8.26. The molecule has 0 aliphatic carbocycles. The number of halogens is 1. The number of carbonyl (C=O) groups is 1. The molecule has 100 valence electrons. The Balaban J connectivity index is 0.00000144. The molecule has 2 aliphatic heterocycles. The smallest absolute Gasteiger partial charge is 0.227 e. The average Bonchev–Trinajstić information content (AvgIpc) is 2.28. The van der Waals surface area contributed by atoms with Gasteiger partial charge in [-0.25, -0.2) is 0 Å². The Hall–Kier alpha value is 0.0700. The monoisotopic (exact) mass is 278 g/mol. The molecule has 0 bridgehead atoms. The van der Waals surface area contributed by atoms with Crippen molar-refractivity contribution in [3.63, 3.8) is 0 Å². The van der Waals surface area contributed by atoms with Gasteiger partial charge in [0.2, 0.25) is 5.91 Å². The fourth-order valence-corrected chi connectivity index (χ4v) is 3.64. The fourth-order valence-electron chi connectivity index (χ4n) is 2.53. The zero-order valence-electron chi connectivity index (χ0n) is 10.7. The third-order valence-corrected chi connectivity index (χ3v) is 4.68. The summed E-state index contributed by atoms with van der Waals surface area (Å²) >= 11 is 1.98. The molecule has 1 N–H and O–H groups in total. The lowest BCUT2D eigenvalue weighted by molar-refractivity contribution is -0.136. The Labute approximate surface area is 114 Å². The second-order valence-corrected chi connectivity index (χ2v) is 7.21. The van der Waals surface area contributed by atoms with Crippen LogP contribution in [-0.2, 0) is 4.79 Å². The molecular weight excluding hydrogens is 256 g/mol. The Morgan fingerprint density at radius 2 is 2.24 bits per heavy atom. The second kappa shape index (κ2) is 6.30. The lowest BCUT2D eigenvalue weighted by Crippen LogP contribution is -2.50. The zero-order valence-corrected chi connectivity index (χ0v) is 12.3. The van der Waals surface area contributed by atoms with Crippen LogP contribution in [0.15, 0.2) is 0 Å². The third kappa shape index (κ3) is 4.04. The van der Waals surface area contributed by atoms with E-state index < -0.39 is 0 Å². The van der Waals surface area contributed by atoms with E-state index in [1.165, 1.54) is 0 Å². The molecule has 2 heterocycles. The molecule has 0 aromatic heterocycles. The van der Waals surface area contributed by atoms with Gasteiger partial charge in [-0.3, -0.25) is 4.79 Å². The molecule has 17 heavy (non-hydrogen) atoms. The maximum Gasteiger partial charge on any atom is 0.227 e. The minimum absolute atomic E-state index is 0. The normalized spacial score (nSPS) is 28.4. The maximum atomic E-state index is 12.3. The first-order valence-electron chi connectivity index (χ1n) is 6.22. The van der Waals surface area contributed by atoms with Crippen LogP contribution >= 0.6 is 24.2 Å². The van der Waals surface area contributed by atoms with Gasteiger partial charge in [-0.1, -0.05) is 0 Å². The summed E-state index contributed by atoms with van der Waals surface area (Å²) in [4.78, 5) is 14.4. The van der Waals surface area contributed by atoms with Gasteiger partial charge >= 0.3 is 0 Å². The van der Waals surface area contributed by atoms with Gasteiger partial charge in [0.25, 0.3) is 0 Å². The fraction of sp³-hybridized carbons (Fsp3) is 0.917. The highest BCUT2D eigenvalue weighted by Crippen LogP contribution is 2.30. The molecule has 2 aliphatic rings. The van der Waals surface area contributed by atoms with Crippen LogP contribution in [0.2, 0.25) is 0 Å². The van der Waals surface area contributed by atoms with Gasteiger partial charge in [0.15, 0.2) is 0 Å². The van der Waals surface area contributed by atoms with E-state index >= 15 is 0 Å². The number of hydrogen-bond donors (Lipinski definition) is 1. The van der Waals surface area contributed by atoms with Crippen LogP contribution in [0.5, 0.6) is 0 Å². The van der Waals surface area contributed by atoms with Gasteiger partial charge in [-0.05, 0) is 33.2 Å². The minimum Gasteiger partial charge on any atom is -0.340 e. The van der Waals surface area contributed by atoms with Crippen molar-refractivity contribution in [1.82, 2.24) is 10.2 Å². The summed E-state index contributed by atoms with van der Waals surface area (Å²) in [5.41, 5.74) is 0. The quantitative estimate of drug-likeness (QED) is 0.793. The van der Waals surface area contributed by atoms with Crippen molar-refractivity contribution >= 4 is 30.1 Å². The van der Waals surface area contributed by atoms with E-state index in [1.807, 2.05) is 11.8 Å². The third-order valence-electron chi connectivity index (χ3n) is 3.38. The highest BCUT2D eigenvalue weighted by atomic mass is 35.5. The van der Waals surface area contributed by atoms with Crippen molar-refractivity contribution in [2.45, 2.75) is 31.4 Å². The highest BCUT2D eigenvalue weighted by Gasteiger charge is 2.33. The van der Waals surface area contributed by atoms with E-state index in [2.05, 4.69) is 24.1 Å². The Morgan fingerprint density at radius 1 is 1.47 bits per heavy atom. The summed E-state index contributed by atoms with van der Waals surface area (Å²) in [7, 11) is 0. The van der Waals surface area contributed by atoms with E-state index in [4.69, 9.17) is 0 Å². The number of amides is 1. The Morgan fingerprint density at radius 3 is 2.82 bits per heavy atom. The van der Waals surface area contributed by atoms with Crippen molar-refractivity contribution in [3.8, 4) is 0 Å². The van der Waals surface area contributed by atoms with Crippen LogP contribution in [-0.4, -0.2) is 47.5 Å². The van der Waals surface area contributed by atoms with Crippen LogP contribution in [0, 0.1) is 5.92 Å². The molecule has 0 radical (unpaired) electrons. The molecule has 2 rings (SSSR count). The SMILES string of the molecule is CC1(C)CN(C(=O)C2CCCNC2)CCS1.Cl.